The van der Waals surface area contributed by atoms with Gasteiger partial charge in [-0.3, -0.25) is 4.68 Å². The van der Waals surface area contributed by atoms with E-state index in [-0.39, 0.29) is 0 Å². The number of halogens is 1. The predicted molar refractivity (Wildman–Crippen MR) is 74.8 cm³/mol. The lowest BCUT2D eigenvalue weighted by Crippen LogP contribution is -2.30. The molecular weight excluding hydrogens is 254 g/mol. The van der Waals surface area contributed by atoms with E-state index in [2.05, 4.69) is 18.9 Å². The van der Waals surface area contributed by atoms with Crippen LogP contribution in [-0.4, -0.2) is 27.3 Å². The average molecular weight is 274 g/mol. The topological polar surface area (TPSA) is 43.8 Å². The van der Waals surface area contributed by atoms with Gasteiger partial charge in [-0.25, -0.2) is 0 Å². The molecule has 0 spiro atoms. The van der Waals surface area contributed by atoms with Crippen molar-refractivity contribution in [3.63, 3.8) is 0 Å². The van der Waals surface area contributed by atoms with Gasteiger partial charge >= 0.3 is 0 Å². The van der Waals surface area contributed by atoms with E-state index in [1.165, 1.54) is 5.69 Å². The van der Waals surface area contributed by atoms with Gasteiger partial charge in [0.15, 0.2) is 0 Å². The van der Waals surface area contributed by atoms with Gasteiger partial charge in [0.05, 0.1) is 16.4 Å². The van der Waals surface area contributed by atoms with E-state index in [9.17, 15) is 0 Å². The highest BCUT2D eigenvalue weighted by Crippen LogP contribution is 2.30. The second kappa shape index (κ2) is 5.63. The zero-order valence-corrected chi connectivity index (χ0v) is 12.0. The van der Waals surface area contributed by atoms with Gasteiger partial charge in [-0.05, 0) is 31.4 Å². The number of nitrogens with zero attached hydrogens (tertiary/aromatic N) is 2. The number of thioether (sulfide) groups is 1. The molecular formula is C12H20ClN3S. The molecule has 0 radical (unpaired) electrons. The Balaban J connectivity index is 2.21. The monoisotopic (exact) mass is 273 g/mol. The molecule has 5 heteroatoms. The summed E-state index contributed by atoms with van der Waals surface area (Å²) in [5, 5.41) is 5.41. The van der Waals surface area contributed by atoms with Crippen molar-refractivity contribution in [1.82, 2.24) is 9.78 Å². The quantitative estimate of drug-likeness (QED) is 0.916. The Morgan fingerprint density at radius 2 is 2.24 bits per heavy atom. The third-order valence-electron chi connectivity index (χ3n) is 3.40. The number of hydrogen-bond donors (Lipinski definition) is 1. The summed E-state index contributed by atoms with van der Waals surface area (Å²) >= 11 is 8.35. The number of aryl methyl sites for hydroxylation is 2. The van der Waals surface area contributed by atoms with Crippen molar-refractivity contribution in [2.45, 2.75) is 39.3 Å². The maximum atomic E-state index is 6.40. The van der Waals surface area contributed by atoms with Crippen molar-refractivity contribution in [3.8, 4) is 0 Å². The van der Waals surface area contributed by atoms with Crippen molar-refractivity contribution in [1.29, 1.82) is 0 Å². The zero-order chi connectivity index (χ0) is 12.4. The van der Waals surface area contributed by atoms with Gasteiger partial charge in [-0.2, -0.15) is 16.9 Å². The van der Waals surface area contributed by atoms with Crippen LogP contribution in [0.15, 0.2) is 0 Å². The van der Waals surface area contributed by atoms with Crippen molar-refractivity contribution in [3.05, 3.63) is 16.4 Å². The summed E-state index contributed by atoms with van der Waals surface area (Å²) < 4.78 is 2.04. The fraction of sp³-hybridized carbons (Fsp3) is 0.750. The molecule has 0 bridgehead atoms. The minimum atomic E-state index is 0.307. The fourth-order valence-electron chi connectivity index (χ4n) is 2.29. The highest BCUT2D eigenvalue weighted by atomic mass is 35.5. The minimum Gasteiger partial charge on any atom is -0.327 e. The molecule has 0 saturated carbocycles. The van der Waals surface area contributed by atoms with Gasteiger partial charge in [0.2, 0.25) is 0 Å². The standard InChI is InChI=1S/C12H20ClN3S/c1-3-10-12(13)11(16(4-2)15-10)5-8-6-17-7-9(8)14/h8-9H,3-7,14H2,1-2H3. The third-order valence-corrected chi connectivity index (χ3v) is 5.12. The van der Waals surface area contributed by atoms with Crippen LogP contribution in [0.3, 0.4) is 0 Å². The summed E-state index contributed by atoms with van der Waals surface area (Å²) in [6, 6.07) is 0.307. The van der Waals surface area contributed by atoms with E-state index in [1.54, 1.807) is 0 Å². The molecule has 1 saturated heterocycles. The van der Waals surface area contributed by atoms with E-state index in [1.807, 2.05) is 16.4 Å². The first-order valence-electron chi connectivity index (χ1n) is 6.24. The molecule has 0 aliphatic carbocycles. The molecule has 1 aromatic rings. The average Bonchev–Trinajstić information content (AvgIpc) is 2.86. The molecule has 3 nitrogen and oxygen atoms in total. The van der Waals surface area contributed by atoms with Gasteiger partial charge in [0.1, 0.15) is 0 Å². The number of hydrogen-bond acceptors (Lipinski definition) is 3. The van der Waals surface area contributed by atoms with Crippen LogP contribution in [0.25, 0.3) is 0 Å². The van der Waals surface area contributed by atoms with Crippen LogP contribution < -0.4 is 5.73 Å². The first-order valence-corrected chi connectivity index (χ1v) is 7.78. The summed E-state index contributed by atoms with van der Waals surface area (Å²) in [6.45, 7) is 5.08. The van der Waals surface area contributed by atoms with Gasteiger partial charge in [-0.1, -0.05) is 18.5 Å². The van der Waals surface area contributed by atoms with Crippen LogP contribution in [-0.2, 0) is 19.4 Å². The maximum absolute atomic E-state index is 6.40. The largest absolute Gasteiger partial charge is 0.327 e. The van der Waals surface area contributed by atoms with E-state index in [0.717, 1.165) is 41.6 Å². The van der Waals surface area contributed by atoms with Crippen molar-refractivity contribution >= 4 is 23.4 Å². The lowest BCUT2D eigenvalue weighted by Gasteiger charge is -2.15. The van der Waals surface area contributed by atoms with Gasteiger partial charge in [0.25, 0.3) is 0 Å². The van der Waals surface area contributed by atoms with Crippen molar-refractivity contribution in [2.75, 3.05) is 11.5 Å². The van der Waals surface area contributed by atoms with Crippen LogP contribution in [0, 0.1) is 5.92 Å². The summed E-state index contributed by atoms with van der Waals surface area (Å²) in [6.07, 6.45) is 1.86. The Morgan fingerprint density at radius 1 is 1.47 bits per heavy atom. The first kappa shape index (κ1) is 13.2. The molecule has 17 heavy (non-hydrogen) atoms. The molecule has 1 fully saturated rings. The van der Waals surface area contributed by atoms with Crippen LogP contribution in [0.2, 0.25) is 5.02 Å². The van der Waals surface area contributed by atoms with E-state index in [0.29, 0.717) is 12.0 Å². The van der Waals surface area contributed by atoms with Crippen molar-refractivity contribution < 1.29 is 0 Å². The van der Waals surface area contributed by atoms with E-state index >= 15 is 0 Å². The third kappa shape index (κ3) is 2.64. The summed E-state index contributed by atoms with van der Waals surface area (Å²) in [7, 11) is 0. The lowest BCUT2D eigenvalue weighted by molar-refractivity contribution is 0.487. The normalized spacial score (nSPS) is 24.5. The summed E-state index contributed by atoms with van der Waals surface area (Å²) in [5.74, 6) is 2.76. The van der Waals surface area contributed by atoms with Crippen LogP contribution in [0.1, 0.15) is 25.2 Å². The molecule has 0 aromatic carbocycles. The number of aromatic nitrogens is 2. The van der Waals surface area contributed by atoms with E-state index < -0.39 is 0 Å². The number of rotatable bonds is 4. The molecule has 96 valence electrons. The molecule has 2 N–H and O–H groups in total. The lowest BCUT2D eigenvalue weighted by atomic mass is 9.98. The Bertz CT molecular complexity index is 391. The van der Waals surface area contributed by atoms with Crippen molar-refractivity contribution in [2.24, 2.45) is 11.7 Å². The summed E-state index contributed by atoms with van der Waals surface area (Å²) in [5.41, 5.74) is 8.31. The molecule has 1 aliphatic rings. The smallest absolute Gasteiger partial charge is 0.0849 e. The molecule has 2 heterocycles. The summed E-state index contributed by atoms with van der Waals surface area (Å²) in [4.78, 5) is 0. The molecule has 1 aliphatic heterocycles. The van der Waals surface area contributed by atoms with Crippen LogP contribution >= 0.6 is 23.4 Å². The Morgan fingerprint density at radius 3 is 2.76 bits per heavy atom. The van der Waals surface area contributed by atoms with Crippen LogP contribution in [0.5, 0.6) is 0 Å². The molecule has 2 unspecified atom stereocenters. The van der Waals surface area contributed by atoms with Gasteiger partial charge in [0, 0.05) is 18.3 Å². The van der Waals surface area contributed by atoms with Crippen LogP contribution in [0.4, 0.5) is 0 Å². The minimum absolute atomic E-state index is 0.307. The fourth-order valence-corrected chi connectivity index (χ4v) is 3.98. The Kier molecular flexibility index (Phi) is 4.39. The number of nitrogens with two attached hydrogens (primary N) is 1. The molecule has 2 rings (SSSR count). The first-order chi connectivity index (χ1) is 8.17. The zero-order valence-electron chi connectivity index (χ0n) is 10.4. The second-order valence-electron chi connectivity index (χ2n) is 4.54. The maximum Gasteiger partial charge on any atom is 0.0849 e. The Labute approximate surface area is 112 Å². The SMILES string of the molecule is CCc1nn(CC)c(CC2CSCC2N)c1Cl. The molecule has 1 aromatic heterocycles. The predicted octanol–water partition coefficient (Wildman–Crippen LogP) is 2.35. The molecule has 2 atom stereocenters. The second-order valence-corrected chi connectivity index (χ2v) is 6.00. The Hall–Kier alpha value is -0.190. The highest BCUT2D eigenvalue weighted by Gasteiger charge is 2.27. The molecule has 0 amide bonds. The van der Waals surface area contributed by atoms with Gasteiger partial charge in [-0.15, -0.1) is 0 Å². The highest BCUT2D eigenvalue weighted by molar-refractivity contribution is 7.99. The van der Waals surface area contributed by atoms with E-state index in [4.69, 9.17) is 17.3 Å². The van der Waals surface area contributed by atoms with Gasteiger partial charge < -0.3 is 5.73 Å².